The predicted molar refractivity (Wildman–Crippen MR) is 62.5 cm³/mol. The molecule has 0 saturated carbocycles. The molecule has 2 N–H and O–H groups in total. The fourth-order valence-electron chi connectivity index (χ4n) is 1.61. The molecule has 2 rings (SSSR count). The second-order valence-corrected chi connectivity index (χ2v) is 3.58. The monoisotopic (exact) mass is 218 g/mol. The zero-order chi connectivity index (χ0) is 11.4. The minimum Gasteiger partial charge on any atom is -0.485 e. The lowest BCUT2D eigenvalue weighted by Gasteiger charge is -2.15. The first-order chi connectivity index (χ1) is 7.85. The first-order valence-corrected chi connectivity index (χ1v) is 5.21. The van der Waals surface area contributed by atoms with Gasteiger partial charge in [0.25, 0.3) is 0 Å². The van der Waals surface area contributed by atoms with Gasteiger partial charge in [0.15, 0.2) is 0 Å². The molecule has 0 amide bonds. The third kappa shape index (κ3) is 2.15. The molecule has 0 heterocycles. The largest absolute Gasteiger partial charge is 0.485 e. The summed E-state index contributed by atoms with van der Waals surface area (Å²) >= 11 is 0. The molecule has 0 saturated heterocycles. The van der Waals surface area contributed by atoms with Gasteiger partial charge in [-0.1, -0.05) is 36.4 Å². The molecule has 0 unspecified atom stereocenters. The highest BCUT2D eigenvalue weighted by Crippen LogP contribution is 2.25. The van der Waals surface area contributed by atoms with Crippen LogP contribution in [0, 0.1) is 0 Å². The highest BCUT2D eigenvalue weighted by molar-refractivity contribution is 5.88. The Kier molecular flexibility index (Phi) is 3.39. The molecule has 0 bridgehead atoms. The molecular weight excluding hydrogens is 204 g/mol. The van der Waals surface area contributed by atoms with Gasteiger partial charge in [-0.25, -0.2) is 0 Å². The van der Waals surface area contributed by atoms with Crippen LogP contribution in [0.1, 0.15) is 0 Å². The van der Waals surface area contributed by atoms with E-state index in [1.807, 2.05) is 42.5 Å². The number of ether oxygens (including phenoxy) is 1. The summed E-state index contributed by atoms with van der Waals surface area (Å²) in [4.78, 5) is 0. The van der Waals surface area contributed by atoms with Crippen molar-refractivity contribution in [2.45, 2.75) is 6.10 Å². The van der Waals surface area contributed by atoms with Crippen LogP contribution in [0.15, 0.2) is 42.5 Å². The van der Waals surface area contributed by atoms with Crippen molar-refractivity contribution >= 4 is 10.8 Å². The van der Waals surface area contributed by atoms with Gasteiger partial charge in [0.05, 0.1) is 13.2 Å². The van der Waals surface area contributed by atoms with Crippen LogP contribution in [-0.2, 0) is 0 Å². The van der Waals surface area contributed by atoms with Crippen molar-refractivity contribution in [1.82, 2.24) is 0 Å². The van der Waals surface area contributed by atoms with Gasteiger partial charge in [-0.3, -0.25) is 0 Å². The minimum absolute atomic E-state index is 0.195. The molecule has 0 aliphatic rings. The smallest absolute Gasteiger partial charge is 0.145 e. The Labute approximate surface area is 93.9 Å². The van der Waals surface area contributed by atoms with Crippen LogP contribution in [0.5, 0.6) is 5.75 Å². The Morgan fingerprint density at radius 1 is 0.938 bits per heavy atom. The van der Waals surface area contributed by atoms with Gasteiger partial charge >= 0.3 is 0 Å². The quantitative estimate of drug-likeness (QED) is 0.819. The second kappa shape index (κ2) is 4.96. The maximum atomic E-state index is 8.97. The Balaban J connectivity index is 2.36. The van der Waals surface area contributed by atoms with E-state index in [0.717, 1.165) is 10.8 Å². The van der Waals surface area contributed by atoms with E-state index in [2.05, 4.69) is 0 Å². The van der Waals surface area contributed by atoms with Crippen LogP contribution in [0.4, 0.5) is 0 Å². The molecule has 2 aromatic rings. The molecule has 84 valence electrons. The van der Waals surface area contributed by atoms with Crippen LogP contribution in [0.25, 0.3) is 10.8 Å². The number of benzene rings is 2. The van der Waals surface area contributed by atoms with Crippen molar-refractivity contribution in [3.8, 4) is 5.75 Å². The number of fused-ring (bicyclic) bond motifs is 1. The third-order valence-electron chi connectivity index (χ3n) is 2.45. The van der Waals surface area contributed by atoms with Crippen LogP contribution in [0.2, 0.25) is 0 Å². The molecule has 0 radical (unpaired) electrons. The van der Waals surface area contributed by atoms with Crippen molar-refractivity contribution in [3.05, 3.63) is 42.5 Å². The summed E-state index contributed by atoms with van der Waals surface area (Å²) in [5.41, 5.74) is 0. The lowest BCUT2D eigenvalue weighted by molar-refractivity contribution is 0.0640. The predicted octanol–water partition coefficient (Wildman–Crippen LogP) is 1.57. The zero-order valence-electron chi connectivity index (χ0n) is 8.84. The Hall–Kier alpha value is -1.58. The minimum atomic E-state index is -0.564. The van der Waals surface area contributed by atoms with Gasteiger partial charge in [0.2, 0.25) is 0 Å². The van der Waals surface area contributed by atoms with Crippen molar-refractivity contribution in [1.29, 1.82) is 0 Å². The molecule has 0 atom stereocenters. The van der Waals surface area contributed by atoms with Crippen LogP contribution >= 0.6 is 0 Å². The van der Waals surface area contributed by atoms with Gasteiger partial charge in [0, 0.05) is 5.39 Å². The van der Waals surface area contributed by atoms with E-state index in [1.165, 1.54) is 0 Å². The molecule has 0 aliphatic heterocycles. The van der Waals surface area contributed by atoms with E-state index >= 15 is 0 Å². The van der Waals surface area contributed by atoms with Gasteiger partial charge in [0.1, 0.15) is 11.9 Å². The van der Waals surface area contributed by atoms with Crippen molar-refractivity contribution in [2.24, 2.45) is 0 Å². The number of aliphatic hydroxyl groups excluding tert-OH is 2. The number of rotatable bonds is 4. The van der Waals surface area contributed by atoms with E-state index in [1.54, 1.807) is 0 Å². The normalized spacial score (nSPS) is 10.9. The molecule has 16 heavy (non-hydrogen) atoms. The molecule has 2 aromatic carbocycles. The fourth-order valence-corrected chi connectivity index (χ4v) is 1.61. The van der Waals surface area contributed by atoms with E-state index in [0.29, 0.717) is 5.75 Å². The van der Waals surface area contributed by atoms with Gasteiger partial charge in [-0.15, -0.1) is 0 Å². The van der Waals surface area contributed by atoms with Crippen molar-refractivity contribution < 1.29 is 14.9 Å². The molecule has 0 fully saturated rings. The summed E-state index contributed by atoms with van der Waals surface area (Å²) in [5, 5.41) is 20.0. The van der Waals surface area contributed by atoms with Gasteiger partial charge in [-0.05, 0) is 11.5 Å². The average molecular weight is 218 g/mol. The molecule has 3 heteroatoms. The standard InChI is InChI=1S/C13H14O3/c14-8-11(9-15)16-13-7-3-5-10-4-1-2-6-12(10)13/h1-7,11,14-15H,8-9H2. The summed E-state index contributed by atoms with van der Waals surface area (Å²) in [6.07, 6.45) is -0.564. The maximum absolute atomic E-state index is 8.97. The number of hydrogen-bond donors (Lipinski definition) is 2. The highest BCUT2D eigenvalue weighted by atomic mass is 16.5. The van der Waals surface area contributed by atoms with Crippen molar-refractivity contribution in [2.75, 3.05) is 13.2 Å². The first-order valence-electron chi connectivity index (χ1n) is 5.21. The summed E-state index contributed by atoms with van der Waals surface area (Å²) < 4.78 is 5.53. The molecule has 3 nitrogen and oxygen atoms in total. The first kappa shape index (κ1) is 10.9. The van der Waals surface area contributed by atoms with Gasteiger partial charge < -0.3 is 14.9 Å². The van der Waals surface area contributed by atoms with E-state index < -0.39 is 6.10 Å². The van der Waals surface area contributed by atoms with E-state index in [9.17, 15) is 0 Å². The van der Waals surface area contributed by atoms with E-state index in [-0.39, 0.29) is 13.2 Å². The highest BCUT2D eigenvalue weighted by Gasteiger charge is 2.09. The SMILES string of the molecule is OCC(CO)Oc1cccc2ccccc12. The summed E-state index contributed by atoms with van der Waals surface area (Å²) in [5.74, 6) is 0.686. The lowest BCUT2D eigenvalue weighted by Crippen LogP contribution is -2.25. The molecule has 0 aliphatic carbocycles. The van der Waals surface area contributed by atoms with Crippen LogP contribution in [-0.4, -0.2) is 29.5 Å². The summed E-state index contributed by atoms with van der Waals surface area (Å²) in [7, 11) is 0. The Bertz CT molecular complexity index is 458. The summed E-state index contributed by atoms with van der Waals surface area (Å²) in [6.45, 7) is -0.389. The second-order valence-electron chi connectivity index (χ2n) is 3.58. The molecular formula is C13H14O3. The third-order valence-corrected chi connectivity index (χ3v) is 2.45. The summed E-state index contributed by atoms with van der Waals surface area (Å²) in [6, 6.07) is 13.6. The molecule has 0 aromatic heterocycles. The fraction of sp³-hybridized carbons (Fsp3) is 0.231. The van der Waals surface area contributed by atoms with Crippen molar-refractivity contribution in [3.63, 3.8) is 0 Å². The van der Waals surface area contributed by atoms with Crippen LogP contribution in [0.3, 0.4) is 0 Å². The number of aliphatic hydroxyl groups is 2. The Morgan fingerprint density at radius 3 is 2.38 bits per heavy atom. The Morgan fingerprint density at radius 2 is 1.62 bits per heavy atom. The lowest BCUT2D eigenvalue weighted by atomic mass is 10.1. The topological polar surface area (TPSA) is 49.7 Å². The van der Waals surface area contributed by atoms with Gasteiger partial charge in [-0.2, -0.15) is 0 Å². The van der Waals surface area contributed by atoms with E-state index in [4.69, 9.17) is 14.9 Å². The van der Waals surface area contributed by atoms with Crippen LogP contribution < -0.4 is 4.74 Å². The zero-order valence-corrected chi connectivity index (χ0v) is 8.84. The molecule has 0 spiro atoms. The number of hydrogen-bond acceptors (Lipinski definition) is 3. The maximum Gasteiger partial charge on any atom is 0.145 e. The average Bonchev–Trinajstić information content (AvgIpc) is 2.36.